The number of methoxy groups -OCH3 is 1. The Bertz CT molecular complexity index is 471. The molecule has 0 aromatic heterocycles. The number of allylic oxidation sites excluding steroid dienone is 5. The molecule has 0 unspecified atom stereocenters. The maximum absolute atomic E-state index is 5.26. The molecule has 0 atom stereocenters. The van der Waals surface area contributed by atoms with Crippen molar-refractivity contribution in [3.8, 4) is 5.75 Å². The molecule has 0 N–H and O–H groups in total. The molecule has 0 amide bonds. The third-order valence-electron chi connectivity index (χ3n) is 3.88. The van der Waals surface area contributed by atoms with Crippen molar-refractivity contribution in [2.24, 2.45) is 0 Å². The molecule has 0 fully saturated rings. The van der Waals surface area contributed by atoms with Gasteiger partial charge in [-0.3, -0.25) is 0 Å². The molecule has 0 bridgehead atoms. The quantitative estimate of drug-likeness (QED) is 0.292. The summed E-state index contributed by atoms with van der Waals surface area (Å²) in [6, 6.07) is 8.42. The lowest BCUT2D eigenvalue weighted by molar-refractivity contribution is 0.414. The molecule has 0 spiro atoms. The minimum absolute atomic E-state index is 0.966. The van der Waals surface area contributed by atoms with Gasteiger partial charge in [0.05, 0.1) is 7.11 Å². The number of rotatable bonds is 13. The second-order valence-electron chi connectivity index (χ2n) is 5.86. The van der Waals surface area contributed by atoms with E-state index in [2.05, 4.69) is 49.1 Å². The van der Waals surface area contributed by atoms with E-state index in [-0.39, 0.29) is 0 Å². The Kier molecular flexibility index (Phi) is 11.6. The smallest absolute Gasteiger partial charge is 0.119 e. The molecule has 1 aromatic rings. The van der Waals surface area contributed by atoms with Crippen LogP contribution in [0.4, 0.5) is 0 Å². The van der Waals surface area contributed by atoms with E-state index < -0.39 is 0 Å². The Morgan fingerprint density at radius 3 is 2.48 bits per heavy atom. The molecule has 0 saturated heterocycles. The maximum Gasteiger partial charge on any atom is 0.119 e. The Labute approximate surface area is 142 Å². The zero-order chi connectivity index (χ0) is 16.6. The molecule has 0 aliphatic rings. The van der Waals surface area contributed by atoms with Gasteiger partial charge in [0, 0.05) is 0 Å². The van der Waals surface area contributed by atoms with Crippen LogP contribution in [0.25, 0.3) is 0 Å². The molecule has 23 heavy (non-hydrogen) atoms. The second-order valence-corrected chi connectivity index (χ2v) is 5.86. The van der Waals surface area contributed by atoms with Gasteiger partial charge < -0.3 is 4.74 Å². The van der Waals surface area contributed by atoms with Crippen molar-refractivity contribution in [2.45, 2.75) is 57.8 Å². The highest BCUT2D eigenvalue weighted by Gasteiger charge is 1.96. The first kappa shape index (κ1) is 19.3. The Balaban J connectivity index is 1.95. The monoisotopic (exact) mass is 312 g/mol. The number of hydrogen-bond acceptors (Lipinski definition) is 1. The minimum atomic E-state index is 0.966. The zero-order valence-corrected chi connectivity index (χ0v) is 14.7. The van der Waals surface area contributed by atoms with Crippen molar-refractivity contribution in [1.29, 1.82) is 0 Å². The summed E-state index contributed by atoms with van der Waals surface area (Å²) in [5.41, 5.74) is 1.39. The molecule has 1 aromatic carbocycles. The van der Waals surface area contributed by atoms with Crippen molar-refractivity contribution in [2.75, 3.05) is 7.11 Å². The Morgan fingerprint density at radius 2 is 1.65 bits per heavy atom. The van der Waals surface area contributed by atoms with Crippen molar-refractivity contribution < 1.29 is 4.74 Å². The van der Waals surface area contributed by atoms with Crippen molar-refractivity contribution in [3.63, 3.8) is 0 Å². The first-order valence-electron chi connectivity index (χ1n) is 8.90. The van der Waals surface area contributed by atoms with Crippen LogP contribution in [0, 0.1) is 0 Å². The van der Waals surface area contributed by atoms with E-state index in [9.17, 15) is 0 Å². The fourth-order valence-corrected chi connectivity index (χ4v) is 2.53. The van der Waals surface area contributed by atoms with Gasteiger partial charge in [-0.1, -0.05) is 61.8 Å². The summed E-state index contributed by atoms with van der Waals surface area (Å²) in [4.78, 5) is 0. The Hall–Kier alpha value is -1.76. The Morgan fingerprint density at radius 1 is 0.913 bits per heavy atom. The van der Waals surface area contributed by atoms with Gasteiger partial charge in [0.2, 0.25) is 0 Å². The van der Waals surface area contributed by atoms with Crippen molar-refractivity contribution in [3.05, 3.63) is 66.8 Å². The molecular weight excluding hydrogens is 280 g/mol. The van der Waals surface area contributed by atoms with Crippen LogP contribution < -0.4 is 4.74 Å². The van der Waals surface area contributed by atoms with Gasteiger partial charge in [-0.05, 0) is 56.2 Å². The minimum Gasteiger partial charge on any atom is -0.497 e. The molecule has 1 heteroatoms. The molecular formula is C22H32O. The topological polar surface area (TPSA) is 9.23 Å². The molecule has 1 nitrogen and oxygen atoms in total. The fourth-order valence-electron chi connectivity index (χ4n) is 2.53. The predicted octanol–water partition coefficient (Wildman–Crippen LogP) is 6.66. The van der Waals surface area contributed by atoms with E-state index >= 15 is 0 Å². The number of hydrogen-bond donors (Lipinski definition) is 0. The predicted molar refractivity (Wildman–Crippen MR) is 102 cm³/mol. The highest BCUT2D eigenvalue weighted by molar-refractivity contribution is 5.28. The number of aryl methyl sites for hydroxylation is 1. The van der Waals surface area contributed by atoms with Gasteiger partial charge in [-0.15, -0.1) is 6.58 Å². The van der Waals surface area contributed by atoms with Crippen LogP contribution in [-0.2, 0) is 6.42 Å². The standard InChI is InChI=1S/C22H32O/c1-3-4-5-6-7-8-9-10-11-12-13-14-15-17-21-18-16-19-22(20-21)23-2/h3,5-6,8-9,16,18-20H,1,4,7,10-15,17H2,2H3. The van der Waals surface area contributed by atoms with Crippen molar-refractivity contribution >= 4 is 0 Å². The van der Waals surface area contributed by atoms with Gasteiger partial charge in [0.15, 0.2) is 0 Å². The van der Waals surface area contributed by atoms with Crippen LogP contribution in [0.3, 0.4) is 0 Å². The third kappa shape index (κ3) is 10.6. The average Bonchev–Trinajstić information content (AvgIpc) is 2.59. The molecule has 0 aliphatic heterocycles. The molecule has 126 valence electrons. The zero-order valence-electron chi connectivity index (χ0n) is 14.7. The number of benzene rings is 1. The highest BCUT2D eigenvalue weighted by Crippen LogP contribution is 2.15. The molecule has 0 aliphatic carbocycles. The number of ether oxygens (including phenoxy) is 1. The molecule has 0 heterocycles. The van der Waals surface area contributed by atoms with Crippen LogP contribution in [0.5, 0.6) is 5.75 Å². The lowest BCUT2D eigenvalue weighted by atomic mass is 10.0. The van der Waals surface area contributed by atoms with Crippen LogP contribution in [0.15, 0.2) is 61.2 Å². The van der Waals surface area contributed by atoms with Gasteiger partial charge in [-0.2, -0.15) is 0 Å². The SMILES string of the molecule is C=CCC=CCC=CCCCCCCCc1cccc(OC)c1. The van der Waals surface area contributed by atoms with E-state index in [1.165, 1.54) is 44.1 Å². The van der Waals surface area contributed by atoms with E-state index in [1.54, 1.807) is 7.11 Å². The van der Waals surface area contributed by atoms with Crippen LogP contribution in [-0.4, -0.2) is 7.11 Å². The van der Waals surface area contributed by atoms with E-state index in [1.807, 2.05) is 12.1 Å². The highest BCUT2D eigenvalue weighted by atomic mass is 16.5. The van der Waals surface area contributed by atoms with Gasteiger partial charge >= 0.3 is 0 Å². The van der Waals surface area contributed by atoms with Crippen molar-refractivity contribution in [1.82, 2.24) is 0 Å². The van der Waals surface area contributed by atoms with Crippen LogP contribution in [0.1, 0.15) is 56.9 Å². The molecule has 0 radical (unpaired) electrons. The van der Waals surface area contributed by atoms with E-state index in [0.29, 0.717) is 0 Å². The fraction of sp³-hybridized carbons (Fsp3) is 0.455. The molecule has 1 rings (SSSR count). The first-order valence-corrected chi connectivity index (χ1v) is 8.90. The largest absolute Gasteiger partial charge is 0.497 e. The van der Waals surface area contributed by atoms with E-state index in [0.717, 1.165) is 25.0 Å². The van der Waals surface area contributed by atoms with Gasteiger partial charge in [-0.25, -0.2) is 0 Å². The average molecular weight is 312 g/mol. The summed E-state index contributed by atoms with van der Waals surface area (Å²) in [5.74, 6) is 0.966. The normalized spacial score (nSPS) is 11.3. The lowest BCUT2D eigenvalue weighted by Gasteiger charge is -2.04. The summed E-state index contributed by atoms with van der Waals surface area (Å²) >= 11 is 0. The third-order valence-corrected chi connectivity index (χ3v) is 3.88. The summed E-state index contributed by atoms with van der Waals surface area (Å²) in [6.07, 6.45) is 21.9. The van der Waals surface area contributed by atoms with Gasteiger partial charge in [0.1, 0.15) is 5.75 Å². The second kappa shape index (κ2) is 13.9. The summed E-state index contributed by atoms with van der Waals surface area (Å²) < 4.78 is 5.26. The van der Waals surface area contributed by atoms with E-state index in [4.69, 9.17) is 4.74 Å². The summed E-state index contributed by atoms with van der Waals surface area (Å²) in [5, 5.41) is 0. The maximum atomic E-state index is 5.26. The van der Waals surface area contributed by atoms with Gasteiger partial charge in [0.25, 0.3) is 0 Å². The lowest BCUT2D eigenvalue weighted by Crippen LogP contribution is -1.88. The first-order chi connectivity index (χ1) is 11.4. The van der Waals surface area contributed by atoms with Crippen LogP contribution in [0.2, 0.25) is 0 Å². The van der Waals surface area contributed by atoms with Crippen LogP contribution >= 0.6 is 0 Å². The summed E-state index contributed by atoms with van der Waals surface area (Å²) in [6.45, 7) is 3.70. The number of unbranched alkanes of at least 4 members (excludes halogenated alkanes) is 5. The summed E-state index contributed by atoms with van der Waals surface area (Å²) in [7, 11) is 1.73. The molecule has 0 saturated carbocycles.